The number of carbonyl (C=O) groups is 2. The molecule has 1 saturated carbocycles. The fourth-order valence-corrected chi connectivity index (χ4v) is 6.69. The first-order valence-electron chi connectivity index (χ1n) is 15.1. The van der Waals surface area contributed by atoms with Crippen molar-refractivity contribution >= 4 is 33.9 Å². The topological polar surface area (TPSA) is 84.6 Å². The first-order valence-corrected chi connectivity index (χ1v) is 15.1. The van der Waals surface area contributed by atoms with Crippen LogP contribution in [0.3, 0.4) is 0 Å². The van der Waals surface area contributed by atoms with Gasteiger partial charge in [0.15, 0.2) is 0 Å². The van der Waals surface area contributed by atoms with E-state index >= 15 is 0 Å². The second-order valence-electron chi connectivity index (χ2n) is 12.0. The molecule has 1 saturated heterocycles. The van der Waals surface area contributed by atoms with Crippen molar-refractivity contribution in [1.29, 1.82) is 0 Å². The molecule has 5 aromatic rings. The van der Waals surface area contributed by atoms with Crippen molar-refractivity contribution in [3.63, 3.8) is 0 Å². The fourth-order valence-electron chi connectivity index (χ4n) is 6.69. The average molecular weight is 596 g/mol. The molecule has 3 heterocycles. The molecule has 44 heavy (non-hydrogen) atoms. The molecule has 0 amide bonds. The van der Waals surface area contributed by atoms with Crippen molar-refractivity contribution in [3.05, 3.63) is 95.1 Å². The molecule has 2 aromatic heterocycles. The monoisotopic (exact) mass is 595 g/mol. The van der Waals surface area contributed by atoms with Crippen molar-refractivity contribution < 1.29 is 28.2 Å². The van der Waals surface area contributed by atoms with E-state index in [1.165, 1.54) is 17.9 Å². The summed E-state index contributed by atoms with van der Waals surface area (Å²) in [6.45, 7) is 3.32. The van der Waals surface area contributed by atoms with Crippen LogP contribution in [0.2, 0.25) is 0 Å². The predicted octanol–water partition coefficient (Wildman–Crippen LogP) is 7.00. The molecule has 2 aliphatic rings. The largest absolute Gasteiger partial charge is 0.469 e. The second kappa shape index (κ2) is 11.2. The highest BCUT2D eigenvalue weighted by Gasteiger charge is 2.52. The smallest absolute Gasteiger partial charge is 0.435 e. The Morgan fingerprint density at radius 2 is 1.82 bits per heavy atom. The molecule has 226 valence electrons. The Balaban J connectivity index is 1.43. The van der Waals surface area contributed by atoms with Gasteiger partial charge in [-0.25, -0.2) is 9.18 Å². The number of esters is 1. The summed E-state index contributed by atoms with van der Waals surface area (Å²) in [5, 5.41) is 6.10. The summed E-state index contributed by atoms with van der Waals surface area (Å²) in [5.41, 5.74) is 5.66. The lowest BCUT2D eigenvalue weighted by Gasteiger charge is -2.27. The standard InChI is InChI=1S/C35H34FN3O5/c1-22-16-26(36)8-9-29(22)38-31-17-25-20-37-39(34(41)44-21-23-6-4-3-5-7-23)30(25)18-27(31)28(19-35(12-13-35)33(40)42-2)32(38)24-10-14-43-15-11-24/h3-9,16-18,20,24H,10-15,19,21H2,1-2H3. The van der Waals surface area contributed by atoms with Gasteiger partial charge in [-0.05, 0) is 86.1 Å². The molecule has 3 aromatic carbocycles. The number of fused-ring (bicyclic) bond motifs is 2. The molecule has 9 heteroatoms. The molecular weight excluding hydrogens is 561 g/mol. The average Bonchev–Trinajstić information content (AvgIpc) is 3.62. The summed E-state index contributed by atoms with van der Waals surface area (Å²) >= 11 is 0. The summed E-state index contributed by atoms with van der Waals surface area (Å²) in [5.74, 6) is -0.333. The highest BCUT2D eigenvalue weighted by molar-refractivity contribution is 6.01. The number of benzene rings is 3. The van der Waals surface area contributed by atoms with Crippen LogP contribution < -0.4 is 0 Å². The van der Waals surface area contributed by atoms with E-state index in [4.69, 9.17) is 14.2 Å². The highest BCUT2D eigenvalue weighted by Crippen LogP contribution is 2.52. The van der Waals surface area contributed by atoms with Gasteiger partial charge in [0.1, 0.15) is 12.4 Å². The number of hydrogen-bond donors (Lipinski definition) is 0. The quantitative estimate of drug-likeness (QED) is 0.188. The SMILES string of the molecule is COC(=O)C1(Cc2c(C3CCOCC3)n(-c3ccc(F)cc3C)c3cc4cnn(C(=O)OCc5ccccc5)c4cc23)CC1. The highest BCUT2D eigenvalue weighted by atomic mass is 19.1. The van der Waals surface area contributed by atoms with Gasteiger partial charge in [-0.15, -0.1) is 0 Å². The zero-order chi connectivity index (χ0) is 30.4. The van der Waals surface area contributed by atoms with Crippen LogP contribution in [-0.2, 0) is 32.0 Å². The van der Waals surface area contributed by atoms with Crippen molar-refractivity contribution in [2.24, 2.45) is 5.41 Å². The summed E-state index contributed by atoms with van der Waals surface area (Å²) in [6.07, 6.45) is 4.76. The van der Waals surface area contributed by atoms with Crippen LogP contribution in [0.5, 0.6) is 0 Å². The molecular formula is C35H34FN3O5. The number of aromatic nitrogens is 3. The number of nitrogens with zero attached hydrogens (tertiary/aromatic N) is 3. The van der Waals surface area contributed by atoms with E-state index in [0.29, 0.717) is 25.2 Å². The Kier molecular flexibility index (Phi) is 7.20. The number of carbonyl (C=O) groups excluding carboxylic acids is 2. The number of halogens is 1. The van der Waals surface area contributed by atoms with Gasteiger partial charge in [0.05, 0.1) is 29.8 Å². The summed E-state index contributed by atoms with van der Waals surface area (Å²) in [7, 11) is 1.44. The molecule has 1 aliphatic carbocycles. The van der Waals surface area contributed by atoms with E-state index in [-0.39, 0.29) is 24.3 Å². The lowest BCUT2D eigenvalue weighted by atomic mass is 9.87. The van der Waals surface area contributed by atoms with Crippen LogP contribution in [0.4, 0.5) is 9.18 Å². The number of ether oxygens (including phenoxy) is 3. The van der Waals surface area contributed by atoms with Gasteiger partial charge < -0.3 is 18.8 Å². The Morgan fingerprint density at radius 3 is 2.52 bits per heavy atom. The van der Waals surface area contributed by atoms with Crippen LogP contribution >= 0.6 is 0 Å². The van der Waals surface area contributed by atoms with Gasteiger partial charge >= 0.3 is 12.1 Å². The third-order valence-electron chi connectivity index (χ3n) is 9.17. The molecule has 8 nitrogen and oxygen atoms in total. The minimum absolute atomic E-state index is 0.129. The van der Waals surface area contributed by atoms with Crippen molar-refractivity contribution in [2.75, 3.05) is 20.3 Å². The van der Waals surface area contributed by atoms with E-state index in [1.54, 1.807) is 12.3 Å². The molecule has 0 atom stereocenters. The normalized spacial score (nSPS) is 16.3. The van der Waals surface area contributed by atoms with Crippen LogP contribution in [0, 0.1) is 18.2 Å². The lowest BCUT2D eigenvalue weighted by molar-refractivity contribution is -0.147. The fraction of sp³-hybridized carbons (Fsp3) is 0.343. The van der Waals surface area contributed by atoms with Crippen molar-refractivity contribution in [3.8, 4) is 5.69 Å². The van der Waals surface area contributed by atoms with E-state index in [9.17, 15) is 14.0 Å². The third-order valence-corrected chi connectivity index (χ3v) is 9.17. The maximum atomic E-state index is 14.3. The molecule has 1 aliphatic heterocycles. The summed E-state index contributed by atoms with van der Waals surface area (Å²) < 4.78 is 34.5. The van der Waals surface area contributed by atoms with Crippen LogP contribution in [0.25, 0.3) is 27.5 Å². The first kappa shape index (κ1) is 28.3. The number of aryl methyl sites for hydroxylation is 1. The number of rotatable bonds is 7. The lowest BCUT2D eigenvalue weighted by Crippen LogP contribution is -2.23. The van der Waals surface area contributed by atoms with E-state index < -0.39 is 11.5 Å². The molecule has 0 radical (unpaired) electrons. The Labute approximate surface area is 254 Å². The van der Waals surface area contributed by atoms with Crippen LogP contribution in [-0.4, -0.2) is 46.7 Å². The van der Waals surface area contributed by atoms with E-state index in [0.717, 1.165) is 70.0 Å². The molecule has 0 spiro atoms. The number of hydrogen-bond acceptors (Lipinski definition) is 6. The zero-order valence-electron chi connectivity index (χ0n) is 24.8. The van der Waals surface area contributed by atoms with E-state index in [1.807, 2.05) is 55.5 Å². The van der Waals surface area contributed by atoms with Gasteiger partial charge in [-0.2, -0.15) is 9.78 Å². The first-order chi connectivity index (χ1) is 21.4. The van der Waals surface area contributed by atoms with Gasteiger partial charge in [0.25, 0.3) is 0 Å². The Hall–Kier alpha value is -4.50. The van der Waals surface area contributed by atoms with Gasteiger partial charge in [-0.1, -0.05) is 30.3 Å². The second-order valence-corrected chi connectivity index (χ2v) is 12.0. The molecule has 0 bridgehead atoms. The maximum absolute atomic E-state index is 14.3. The maximum Gasteiger partial charge on any atom is 0.435 e. The molecule has 7 rings (SSSR count). The molecule has 0 unspecified atom stereocenters. The minimum Gasteiger partial charge on any atom is -0.469 e. The van der Waals surface area contributed by atoms with Crippen molar-refractivity contribution in [1.82, 2.24) is 14.3 Å². The third kappa shape index (κ3) is 4.95. The zero-order valence-corrected chi connectivity index (χ0v) is 24.8. The predicted molar refractivity (Wildman–Crippen MR) is 163 cm³/mol. The van der Waals surface area contributed by atoms with Gasteiger partial charge in [-0.3, -0.25) is 4.79 Å². The summed E-state index contributed by atoms with van der Waals surface area (Å²) in [6, 6.07) is 18.4. The van der Waals surface area contributed by atoms with Gasteiger partial charge in [0.2, 0.25) is 0 Å². The number of methoxy groups -OCH3 is 1. The van der Waals surface area contributed by atoms with Crippen molar-refractivity contribution in [2.45, 2.75) is 51.6 Å². The van der Waals surface area contributed by atoms with Crippen LogP contribution in [0.1, 0.15) is 54.0 Å². The molecule has 2 fully saturated rings. The minimum atomic E-state index is -0.588. The van der Waals surface area contributed by atoms with Crippen LogP contribution in [0.15, 0.2) is 66.9 Å². The van der Waals surface area contributed by atoms with E-state index in [2.05, 4.69) is 9.67 Å². The summed E-state index contributed by atoms with van der Waals surface area (Å²) in [4.78, 5) is 26.3. The molecule has 0 N–H and O–H groups in total. The Bertz CT molecular complexity index is 1880. The Morgan fingerprint density at radius 1 is 1.05 bits per heavy atom. The van der Waals surface area contributed by atoms with Gasteiger partial charge in [0, 0.05) is 41.3 Å².